The van der Waals surface area contributed by atoms with Gasteiger partial charge in [-0.15, -0.1) is 11.8 Å². The quantitative estimate of drug-likeness (QED) is 0.798. The molecule has 3 rings (SSSR count). The van der Waals surface area contributed by atoms with Gasteiger partial charge in [0.1, 0.15) is 5.75 Å². The van der Waals surface area contributed by atoms with E-state index in [1.807, 2.05) is 30.5 Å². The molecule has 0 heterocycles. The summed E-state index contributed by atoms with van der Waals surface area (Å²) in [5.41, 5.74) is 2.00. The average molecular weight is 341 g/mol. The number of carbonyl (C=O) groups is 1. The molecule has 0 aromatic heterocycles. The van der Waals surface area contributed by atoms with Crippen LogP contribution in [0.4, 0.5) is 0 Å². The van der Waals surface area contributed by atoms with E-state index < -0.39 is 0 Å². The van der Waals surface area contributed by atoms with Gasteiger partial charge < -0.3 is 10.1 Å². The smallest absolute Gasteiger partial charge is 0.255 e. The standard InChI is InChI=1S/C20H23NO2S/c1-23-18-13-16(24-2)9-10-17(18)19(22)21-14-20(11-6-12-20)15-7-4-3-5-8-15/h3-5,7-10,13H,6,11-12,14H2,1-2H3,(H,21,22). The van der Waals surface area contributed by atoms with Gasteiger partial charge in [0.05, 0.1) is 12.7 Å². The van der Waals surface area contributed by atoms with Gasteiger partial charge in [-0.3, -0.25) is 4.79 Å². The minimum absolute atomic E-state index is 0.0679. The minimum Gasteiger partial charge on any atom is -0.496 e. The van der Waals surface area contributed by atoms with Gasteiger partial charge in [-0.2, -0.15) is 0 Å². The van der Waals surface area contributed by atoms with Crippen LogP contribution in [-0.2, 0) is 5.41 Å². The maximum Gasteiger partial charge on any atom is 0.255 e. The molecular weight excluding hydrogens is 318 g/mol. The normalized spacial score (nSPS) is 15.4. The third-order valence-corrected chi connectivity index (χ3v) is 5.66. The predicted octanol–water partition coefficient (Wildman–Crippen LogP) is 4.27. The fraction of sp³-hybridized carbons (Fsp3) is 0.350. The molecule has 126 valence electrons. The molecule has 1 aliphatic carbocycles. The maximum absolute atomic E-state index is 12.6. The van der Waals surface area contributed by atoms with E-state index >= 15 is 0 Å². The van der Waals surface area contributed by atoms with Gasteiger partial charge in [0.15, 0.2) is 0 Å². The Bertz CT molecular complexity index is 711. The van der Waals surface area contributed by atoms with E-state index in [4.69, 9.17) is 4.74 Å². The number of rotatable bonds is 6. The van der Waals surface area contributed by atoms with E-state index in [2.05, 4.69) is 29.6 Å². The van der Waals surface area contributed by atoms with Gasteiger partial charge in [0, 0.05) is 16.9 Å². The molecule has 1 aliphatic rings. The van der Waals surface area contributed by atoms with Crippen LogP contribution >= 0.6 is 11.8 Å². The summed E-state index contributed by atoms with van der Waals surface area (Å²) in [5, 5.41) is 3.13. The molecule has 1 N–H and O–H groups in total. The maximum atomic E-state index is 12.6. The lowest BCUT2D eigenvalue weighted by Crippen LogP contribution is -2.45. The summed E-state index contributed by atoms with van der Waals surface area (Å²) in [7, 11) is 1.60. The summed E-state index contributed by atoms with van der Waals surface area (Å²) in [5.74, 6) is 0.559. The average Bonchev–Trinajstić information content (AvgIpc) is 2.61. The number of thioether (sulfide) groups is 1. The number of nitrogens with one attached hydrogen (secondary N) is 1. The number of methoxy groups -OCH3 is 1. The Kier molecular flexibility index (Phi) is 5.14. The van der Waals surface area contributed by atoms with Crippen molar-refractivity contribution in [3.63, 3.8) is 0 Å². The fourth-order valence-corrected chi connectivity index (χ4v) is 3.72. The zero-order valence-electron chi connectivity index (χ0n) is 14.2. The van der Waals surface area contributed by atoms with Crippen LogP contribution in [0.5, 0.6) is 5.75 Å². The second kappa shape index (κ2) is 7.31. The molecular formula is C20H23NO2S. The van der Waals surface area contributed by atoms with Crippen molar-refractivity contribution in [2.75, 3.05) is 19.9 Å². The van der Waals surface area contributed by atoms with E-state index in [0.29, 0.717) is 17.9 Å². The summed E-state index contributed by atoms with van der Waals surface area (Å²) >= 11 is 1.63. The molecule has 0 spiro atoms. The highest BCUT2D eigenvalue weighted by atomic mass is 32.2. The first kappa shape index (κ1) is 16.9. The highest BCUT2D eigenvalue weighted by Crippen LogP contribution is 2.43. The lowest BCUT2D eigenvalue weighted by Gasteiger charge is -2.42. The molecule has 0 atom stereocenters. The Morgan fingerprint density at radius 3 is 2.54 bits per heavy atom. The molecule has 0 radical (unpaired) electrons. The lowest BCUT2D eigenvalue weighted by atomic mass is 9.64. The molecule has 1 fully saturated rings. The monoisotopic (exact) mass is 341 g/mol. The molecule has 4 heteroatoms. The first-order valence-corrected chi connectivity index (χ1v) is 9.47. The minimum atomic E-state index is -0.0679. The van der Waals surface area contributed by atoms with Gasteiger partial charge in [-0.05, 0) is 42.9 Å². The van der Waals surface area contributed by atoms with Crippen LogP contribution in [0.2, 0.25) is 0 Å². The van der Waals surface area contributed by atoms with E-state index in [9.17, 15) is 4.79 Å². The second-order valence-electron chi connectivity index (χ2n) is 6.25. The Morgan fingerprint density at radius 1 is 1.21 bits per heavy atom. The zero-order valence-corrected chi connectivity index (χ0v) is 15.0. The summed E-state index contributed by atoms with van der Waals surface area (Å²) < 4.78 is 5.39. The summed E-state index contributed by atoms with van der Waals surface area (Å²) in [6.45, 7) is 0.670. The van der Waals surface area contributed by atoms with Crippen molar-refractivity contribution in [3.8, 4) is 5.75 Å². The van der Waals surface area contributed by atoms with E-state index in [1.165, 1.54) is 12.0 Å². The lowest BCUT2D eigenvalue weighted by molar-refractivity contribution is 0.0924. The zero-order chi connectivity index (χ0) is 17.0. The number of amides is 1. The number of benzene rings is 2. The van der Waals surface area contributed by atoms with Gasteiger partial charge in [0.2, 0.25) is 0 Å². The topological polar surface area (TPSA) is 38.3 Å². The first-order valence-electron chi connectivity index (χ1n) is 8.24. The van der Waals surface area contributed by atoms with Crippen LogP contribution in [0.15, 0.2) is 53.4 Å². The van der Waals surface area contributed by atoms with Gasteiger partial charge >= 0.3 is 0 Å². The van der Waals surface area contributed by atoms with Gasteiger partial charge in [-0.25, -0.2) is 0 Å². The molecule has 0 bridgehead atoms. The molecule has 2 aromatic carbocycles. The van der Waals surface area contributed by atoms with Crippen molar-refractivity contribution in [2.24, 2.45) is 0 Å². The Labute approximate surface area is 147 Å². The van der Waals surface area contributed by atoms with Crippen LogP contribution in [0.25, 0.3) is 0 Å². The largest absolute Gasteiger partial charge is 0.496 e. The van der Waals surface area contributed by atoms with Crippen molar-refractivity contribution in [3.05, 3.63) is 59.7 Å². The predicted molar refractivity (Wildman–Crippen MR) is 99.1 cm³/mol. The molecule has 2 aromatic rings. The van der Waals surface area contributed by atoms with Crippen LogP contribution in [-0.4, -0.2) is 25.8 Å². The van der Waals surface area contributed by atoms with Crippen LogP contribution in [0, 0.1) is 0 Å². The van der Waals surface area contributed by atoms with Crippen molar-refractivity contribution in [1.82, 2.24) is 5.32 Å². The van der Waals surface area contributed by atoms with Crippen LogP contribution in [0.3, 0.4) is 0 Å². The number of hydrogen-bond donors (Lipinski definition) is 1. The van der Waals surface area contributed by atoms with Crippen molar-refractivity contribution >= 4 is 17.7 Å². The second-order valence-corrected chi connectivity index (χ2v) is 7.13. The molecule has 3 nitrogen and oxygen atoms in total. The molecule has 0 unspecified atom stereocenters. The highest BCUT2D eigenvalue weighted by molar-refractivity contribution is 7.98. The van der Waals surface area contributed by atoms with Gasteiger partial charge in [0.25, 0.3) is 5.91 Å². The summed E-state index contributed by atoms with van der Waals surface area (Å²) in [6.07, 6.45) is 5.48. The van der Waals surface area contributed by atoms with E-state index in [1.54, 1.807) is 18.9 Å². The third-order valence-electron chi connectivity index (χ3n) is 4.94. The third kappa shape index (κ3) is 3.29. The molecule has 0 aliphatic heterocycles. The van der Waals surface area contributed by atoms with Crippen LogP contribution in [0.1, 0.15) is 35.2 Å². The highest BCUT2D eigenvalue weighted by Gasteiger charge is 2.38. The van der Waals surface area contributed by atoms with E-state index in [0.717, 1.165) is 17.7 Å². The molecule has 0 saturated heterocycles. The van der Waals surface area contributed by atoms with Crippen molar-refractivity contribution in [2.45, 2.75) is 29.6 Å². The summed E-state index contributed by atoms with van der Waals surface area (Å²) in [4.78, 5) is 13.7. The fourth-order valence-electron chi connectivity index (χ4n) is 3.29. The number of ether oxygens (including phenoxy) is 1. The number of carbonyl (C=O) groups excluding carboxylic acids is 1. The Morgan fingerprint density at radius 2 is 1.96 bits per heavy atom. The van der Waals surface area contributed by atoms with Crippen LogP contribution < -0.4 is 10.1 Å². The molecule has 1 amide bonds. The molecule has 1 saturated carbocycles. The van der Waals surface area contributed by atoms with Crippen molar-refractivity contribution < 1.29 is 9.53 Å². The number of hydrogen-bond acceptors (Lipinski definition) is 3. The van der Waals surface area contributed by atoms with E-state index in [-0.39, 0.29) is 11.3 Å². The first-order chi connectivity index (χ1) is 11.7. The Balaban J connectivity index is 1.73. The van der Waals surface area contributed by atoms with Crippen molar-refractivity contribution in [1.29, 1.82) is 0 Å². The van der Waals surface area contributed by atoms with Gasteiger partial charge in [-0.1, -0.05) is 36.8 Å². The Hall–Kier alpha value is -1.94. The molecule has 24 heavy (non-hydrogen) atoms. The SMILES string of the molecule is COc1cc(SC)ccc1C(=O)NCC1(c2ccccc2)CCC1. The summed E-state index contributed by atoms with van der Waals surface area (Å²) in [6, 6.07) is 16.2.